The third kappa shape index (κ3) is 4.27. The molecule has 1 fully saturated rings. The van der Waals surface area contributed by atoms with Crippen LogP contribution >= 0.6 is 34.8 Å². The summed E-state index contributed by atoms with van der Waals surface area (Å²) in [5.74, 6) is 0.663. The molecular formula is C14H15Cl3O2. The molecule has 104 valence electrons. The van der Waals surface area contributed by atoms with Crippen LogP contribution in [0.15, 0.2) is 12.1 Å². The third-order valence-corrected chi connectivity index (χ3v) is 4.45. The van der Waals surface area contributed by atoms with Crippen LogP contribution in [0.25, 0.3) is 0 Å². The van der Waals surface area contributed by atoms with Gasteiger partial charge in [0.1, 0.15) is 0 Å². The highest BCUT2D eigenvalue weighted by Crippen LogP contribution is 2.34. The van der Waals surface area contributed by atoms with Crippen LogP contribution in [0.4, 0.5) is 0 Å². The maximum absolute atomic E-state index is 11.8. The Morgan fingerprint density at radius 3 is 2.42 bits per heavy atom. The van der Waals surface area contributed by atoms with Crippen LogP contribution in [-0.4, -0.2) is 5.97 Å². The van der Waals surface area contributed by atoms with Crippen LogP contribution in [-0.2, 0) is 4.79 Å². The van der Waals surface area contributed by atoms with Gasteiger partial charge in [0.25, 0.3) is 0 Å². The first kappa shape index (κ1) is 15.0. The van der Waals surface area contributed by atoms with Crippen molar-refractivity contribution < 1.29 is 9.53 Å². The van der Waals surface area contributed by atoms with Crippen molar-refractivity contribution in [3.8, 4) is 5.75 Å². The Balaban J connectivity index is 1.89. The number of esters is 1. The summed E-state index contributed by atoms with van der Waals surface area (Å²) < 4.78 is 5.23. The van der Waals surface area contributed by atoms with Gasteiger partial charge in [0.05, 0.1) is 15.1 Å². The summed E-state index contributed by atoms with van der Waals surface area (Å²) in [4.78, 5) is 11.8. The molecule has 19 heavy (non-hydrogen) atoms. The van der Waals surface area contributed by atoms with Gasteiger partial charge in [-0.1, -0.05) is 60.5 Å². The second-order valence-corrected chi connectivity index (χ2v) is 6.08. The Morgan fingerprint density at radius 2 is 1.74 bits per heavy atom. The number of hydrogen-bond donors (Lipinski definition) is 0. The van der Waals surface area contributed by atoms with Gasteiger partial charge in [-0.05, 0) is 18.4 Å². The Hall–Kier alpha value is -0.440. The molecule has 5 heteroatoms. The molecule has 1 aromatic rings. The standard InChI is InChI=1S/C14H15Cl3O2/c15-10-7-12(17)13(8-11(10)16)19-14(18)6-5-9-3-1-2-4-9/h7-9H,1-6H2. The first-order chi connectivity index (χ1) is 9.06. The van der Waals surface area contributed by atoms with Crippen molar-refractivity contribution in [2.45, 2.75) is 38.5 Å². The lowest BCUT2D eigenvalue weighted by Gasteiger charge is -2.10. The van der Waals surface area contributed by atoms with Crippen molar-refractivity contribution in [1.29, 1.82) is 0 Å². The van der Waals surface area contributed by atoms with E-state index in [-0.39, 0.29) is 11.7 Å². The highest BCUT2D eigenvalue weighted by atomic mass is 35.5. The molecule has 1 saturated carbocycles. The van der Waals surface area contributed by atoms with Crippen molar-refractivity contribution in [3.63, 3.8) is 0 Å². The van der Waals surface area contributed by atoms with Crippen LogP contribution in [0.3, 0.4) is 0 Å². The fraction of sp³-hybridized carbons (Fsp3) is 0.500. The zero-order valence-electron chi connectivity index (χ0n) is 10.4. The lowest BCUT2D eigenvalue weighted by atomic mass is 10.0. The van der Waals surface area contributed by atoms with Gasteiger partial charge < -0.3 is 4.74 Å². The van der Waals surface area contributed by atoms with E-state index in [1.807, 2.05) is 0 Å². The van der Waals surface area contributed by atoms with Crippen molar-refractivity contribution >= 4 is 40.8 Å². The molecule has 0 aliphatic heterocycles. The topological polar surface area (TPSA) is 26.3 Å². The van der Waals surface area contributed by atoms with Gasteiger partial charge in [-0.2, -0.15) is 0 Å². The minimum atomic E-state index is -0.271. The van der Waals surface area contributed by atoms with Crippen LogP contribution in [0.5, 0.6) is 5.75 Å². The predicted molar refractivity (Wildman–Crippen MR) is 78.3 cm³/mol. The number of carbonyl (C=O) groups excluding carboxylic acids is 1. The molecule has 0 radical (unpaired) electrons. The minimum absolute atomic E-state index is 0.271. The maximum atomic E-state index is 11.8. The molecule has 0 atom stereocenters. The van der Waals surface area contributed by atoms with Gasteiger partial charge >= 0.3 is 5.97 Å². The second-order valence-electron chi connectivity index (χ2n) is 4.86. The average Bonchev–Trinajstić information content (AvgIpc) is 2.86. The molecule has 1 aliphatic rings. The number of carbonyl (C=O) groups is 1. The summed E-state index contributed by atoms with van der Waals surface area (Å²) in [7, 11) is 0. The summed E-state index contributed by atoms with van der Waals surface area (Å²) in [6.45, 7) is 0. The molecule has 0 spiro atoms. The van der Waals surface area contributed by atoms with Gasteiger partial charge in [-0.25, -0.2) is 0 Å². The summed E-state index contributed by atoms with van der Waals surface area (Å²) in [6.07, 6.45) is 6.30. The van der Waals surface area contributed by atoms with E-state index in [0.717, 1.165) is 6.42 Å². The van der Waals surface area contributed by atoms with E-state index in [0.29, 0.717) is 27.4 Å². The molecular weight excluding hydrogens is 307 g/mol. The molecule has 0 aromatic heterocycles. The summed E-state index contributed by atoms with van der Waals surface area (Å²) in [5, 5.41) is 0.964. The van der Waals surface area contributed by atoms with Crippen molar-refractivity contribution in [2.24, 2.45) is 5.92 Å². The largest absolute Gasteiger partial charge is 0.425 e. The Morgan fingerprint density at radius 1 is 1.11 bits per heavy atom. The van der Waals surface area contributed by atoms with E-state index in [9.17, 15) is 4.79 Å². The lowest BCUT2D eigenvalue weighted by Crippen LogP contribution is -2.10. The quantitative estimate of drug-likeness (QED) is 0.414. The Kier molecular flexibility index (Phi) is 5.37. The van der Waals surface area contributed by atoms with Crippen molar-refractivity contribution in [3.05, 3.63) is 27.2 Å². The molecule has 1 aliphatic carbocycles. The summed E-state index contributed by atoms with van der Waals surface area (Å²) >= 11 is 17.6. The van der Waals surface area contributed by atoms with E-state index >= 15 is 0 Å². The van der Waals surface area contributed by atoms with Gasteiger partial charge in [-0.15, -0.1) is 0 Å². The molecule has 1 aromatic carbocycles. The molecule has 2 rings (SSSR count). The number of ether oxygens (including phenoxy) is 1. The summed E-state index contributed by atoms with van der Waals surface area (Å²) in [6, 6.07) is 2.95. The van der Waals surface area contributed by atoms with Gasteiger partial charge in [-0.3, -0.25) is 4.79 Å². The van der Waals surface area contributed by atoms with E-state index in [4.69, 9.17) is 39.5 Å². The zero-order valence-corrected chi connectivity index (χ0v) is 12.7. The fourth-order valence-corrected chi connectivity index (χ4v) is 2.95. The van der Waals surface area contributed by atoms with E-state index in [1.54, 1.807) is 0 Å². The van der Waals surface area contributed by atoms with E-state index in [2.05, 4.69) is 0 Å². The number of halogens is 3. The number of rotatable bonds is 4. The molecule has 0 N–H and O–H groups in total. The number of benzene rings is 1. The zero-order chi connectivity index (χ0) is 13.8. The summed E-state index contributed by atoms with van der Waals surface area (Å²) in [5.41, 5.74) is 0. The van der Waals surface area contributed by atoms with Crippen LogP contribution in [0, 0.1) is 5.92 Å². The van der Waals surface area contributed by atoms with Crippen molar-refractivity contribution in [2.75, 3.05) is 0 Å². The molecule has 0 bridgehead atoms. The SMILES string of the molecule is O=C(CCC1CCCC1)Oc1cc(Cl)c(Cl)cc1Cl. The van der Waals surface area contributed by atoms with Gasteiger partial charge in [0.15, 0.2) is 5.75 Å². The van der Waals surface area contributed by atoms with Crippen LogP contribution in [0.2, 0.25) is 15.1 Å². The van der Waals surface area contributed by atoms with E-state index < -0.39 is 0 Å². The smallest absolute Gasteiger partial charge is 0.311 e. The second kappa shape index (κ2) is 6.83. The van der Waals surface area contributed by atoms with Crippen molar-refractivity contribution in [1.82, 2.24) is 0 Å². The third-order valence-electron chi connectivity index (χ3n) is 3.43. The molecule has 0 unspecified atom stereocenters. The van der Waals surface area contributed by atoms with Gasteiger partial charge in [0.2, 0.25) is 0 Å². The molecule has 0 heterocycles. The minimum Gasteiger partial charge on any atom is -0.425 e. The highest BCUT2D eigenvalue weighted by molar-refractivity contribution is 6.43. The van der Waals surface area contributed by atoms with Crippen LogP contribution in [0.1, 0.15) is 38.5 Å². The van der Waals surface area contributed by atoms with Crippen LogP contribution < -0.4 is 4.74 Å². The number of hydrogen-bond acceptors (Lipinski definition) is 2. The average molecular weight is 322 g/mol. The van der Waals surface area contributed by atoms with E-state index in [1.165, 1.54) is 37.8 Å². The molecule has 0 saturated heterocycles. The Bertz CT molecular complexity index is 468. The Labute approximate surface area is 128 Å². The molecule has 0 amide bonds. The highest BCUT2D eigenvalue weighted by Gasteiger charge is 2.17. The first-order valence-electron chi connectivity index (χ1n) is 6.41. The fourth-order valence-electron chi connectivity index (χ4n) is 2.38. The lowest BCUT2D eigenvalue weighted by molar-refractivity contribution is -0.134. The normalized spacial score (nSPS) is 15.7. The van der Waals surface area contributed by atoms with Gasteiger partial charge in [0, 0.05) is 12.5 Å². The monoisotopic (exact) mass is 320 g/mol. The first-order valence-corrected chi connectivity index (χ1v) is 7.55. The maximum Gasteiger partial charge on any atom is 0.311 e. The predicted octanol–water partition coefficient (Wildman–Crippen LogP) is 5.52. The molecule has 2 nitrogen and oxygen atoms in total.